The van der Waals surface area contributed by atoms with Crippen LogP contribution in [-0.4, -0.2) is 41.6 Å². The third-order valence-corrected chi connectivity index (χ3v) is 5.97. The van der Waals surface area contributed by atoms with Gasteiger partial charge in [-0.1, -0.05) is 24.4 Å². The molecule has 0 atom stereocenters. The Kier molecular flexibility index (Phi) is 5.07. The molecule has 1 saturated carbocycles. The van der Waals surface area contributed by atoms with Crippen LogP contribution in [0.2, 0.25) is 5.02 Å². The second kappa shape index (κ2) is 7.08. The summed E-state index contributed by atoms with van der Waals surface area (Å²) in [5.41, 5.74) is 0. The van der Waals surface area contributed by atoms with Gasteiger partial charge in [0.05, 0.1) is 13.2 Å². The lowest BCUT2D eigenvalue weighted by Gasteiger charge is -2.18. The molecule has 1 aliphatic rings. The molecule has 9 heteroatoms. The van der Waals surface area contributed by atoms with E-state index in [2.05, 4.69) is 15.2 Å². The van der Waals surface area contributed by atoms with Crippen molar-refractivity contribution in [3.05, 3.63) is 35.4 Å². The summed E-state index contributed by atoms with van der Waals surface area (Å²) in [5.74, 6) is 1.50. The van der Waals surface area contributed by atoms with Crippen molar-refractivity contribution in [1.29, 1.82) is 0 Å². The summed E-state index contributed by atoms with van der Waals surface area (Å²) in [4.78, 5) is 4.01. The fourth-order valence-electron chi connectivity index (χ4n) is 2.32. The lowest BCUT2D eigenvalue weighted by molar-refractivity contribution is 0.294. The van der Waals surface area contributed by atoms with E-state index in [1.165, 1.54) is 36.6 Å². The number of hydrogen-bond acceptors (Lipinski definition) is 5. The van der Waals surface area contributed by atoms with Crippen molar-refractivity contribution in [2.24, 2.45) is 5.92 Å². The Morgan fingerprint density at radius 1 is 1.42 bits per heavy atom. The number of rotatable bonds is 8. The van der Waals surface area contributed by atoms with Gasteiger partial charge in [-0.3, -0.25) is 5.10 Å². The van der Waals surface area contributed by atoms with Crippen LogP contribution in [0.4, 0.5) is 0 Å². The zero-order valence-corrected chi connectivity index (χ0v) is 14.8. The van der Waals surface area contributed by atoms with E-state index < -0.39 is 10.0 Å². The molecule has 0 bridgehead atoms. The highest BCUT2D eigenvalue weighted by molar-refractivity contribution is 7.89. The third kappa shape index (κ3) is 4.06. The van der Waals surface area contributed by atoms with Crippen molar-refractivity contribution in [3.8, 4) is 5.75 Å². The second-order valence-electron chi connectivity index (χ2n) is 5.86. The highest BCUT2D eigenvalue weighted by Crippen LogP contribution is 2.34. The summed E-state index contributed by atoms with van der Waals surface area (Å²) >= 11 is 6.00. The molecule has 0 radical (unpaired) electrons. The maximum atomic E-state index is 12.9. The van der Waals surface area contributed by atoms with Gasteiger partial charge in [0.15, 0.2) is 0 Å². The molecule has 1 aromatic carbocycles. The van der Waals surface area contributed by atoms with E-state index in [-0.39, 0.29) is 11.4 Å². The van der Waals surface area contributed by atoms with E-state index in [9.17, 15) is 8.42 Å². The minimum atomic E-state index is -3.77. The third-order valence-electron chi connectivity index (χ3n) is 3.91. The van der Waals surface area contributed by atoms with Gasteiger partial charge in [0, 0.05) is 12.1 Å². The number of nitrogens with one attached hydrogen (secondary N) is 1. The van der Waals surface area contributed by atoms with E-state index in [0.717, 1.165) is 6.42 Å². The Hall–Kier alpha value is -1.64. The first kappa shape index (κ1) is 17.2. The first-order valence-corrected chi connectivity index (χ1v) is 9.51. The van der Waals surface area contributed by atoms with Crippen molar-refractivity contribution in [2.75, 3.05) is 13.7 Å². The molecular formula is C15H19ClN4O3S. The van der Waals surface area contributed by atoms with Gasteiger partial charge in [-0.2, -0.15) is 9.40 Å². The molecule has 130 valence electrons. The van der Waals surface area contributed by atoms with Crippen LogP contribution in [0.25, 0.3) is 0 Å². The van der Waals surface area contributed by atoms with Crippen LogP contribution in [0.1, 0.15) is 25.1 Å². The van der Waals surface area contributed by atoms with Crippen LogP contribution in [-0.2, 0) is 16.6 Å². The molecule has 2 aromatic rings. The normalized spacial score (nSPS) is 15.0. The highest BCUT2D eigenvalue weighted by Gasteiger charge is 2.27. The number of aromatic amines is 1. The van der Waals surface area contributed by atoms with Crippen molar-refractivity contribution >= 4 is 21.6 Å². The molecule has 0 unspecified atom stereocenters. The fraction of sp³-hybridized carbons (Fsp3) is 0.467. The zero-order chi connectivity index (χ0) is 17.2. The first-order chi connectivity index (χ1) is 11.5. The second-order valence-corrected chi connectivity index (χ2v) is 8.31. The van der Waals surface area contributed by atoms with Crippen LogP contribution in [0.15, 0.2) is 29.4 Å². The minimum absolute atomic E-state index is 0.0628. The van der Waals surface area contributed by atoms with Crippen LogP contribution < -0.4 is 4.74 Å². The number of H-pyrrole nitrogens is 1. The number of ether oxygens (including phenoxy) is 1. The SMILES string of the molecule is CN(Cc1ncn[nH]1)S(=O)(=O)c1cc(Cl)ccc1OCCC1CC1. The van der Waals surface area contributed by atoms with E-state index in [1.807, 2.05) is 0 Å². The topological polar surface area (TPSA) is 88.2 Å². The summed E-state index contributed by atoms with van der Waals surface area (Å²) in [7, 11) is -2.29. The first-order valence-electron chi connectivity index (χ1n) is 7.70. The summed E-state index contributed by atoms with van der Waals surface area (Å²) in [6, 6.07) is 4.65. The van der Waals surface area contributed by atoms with Gasteiger partial charge in [-0.15, -0.1) is 0 Å². The number of halogens is 1. The standard InChI is InChI=1S/C15H19ClN4O3S/c1-20(9-15-17-10-18-19-15)24(21,22)14-8-12(16)4-5-13(14)23-7-6-11-2-3-11/h4-5,8,10-11H,2-3,6-7,9H2,1H3,(H,17,18,19). The molecule has 0 amide bonds. The highest BCUT2D eigenvalue weighted by atomic mass is 35.5. The lowest BCUT2D eigenvalue weighted by Crippen LogP contribution is -2.27. The Balaban J connectivity index is 1.80. The van der Waals surface area contributed by atoms with E-state index in [1.54, 1.807) is 12.1 Å². The fourth-order valence-corrected chi connectivity index (χ4v) is 3.84. The van der Waals surface area contributed by atoms with Gasteiger partial charge in [0.1, 0.15) is 22.8 Å². The van der Waals surface area contributed by atoms with Crippen LogP contribution in [0.3, 0.4) is 0 Å². The number of nitrogens with zero attached hydrogens (tertiary/aromatic N) is 3. The Bertz CT molecular complexity index is 791. The quantitative estimate of drug-likeness (QED) is 0.771. The van der Waals surface area contributed by atoms with Crippen LogP contribution >= 0.6 is 11.6 Å². The van der Waals surface area contributed by atoms with Gasteiger partial charge in [-0.25, -0.2) is 13.4 Å². The molecule has 24 heavy (non-hydrogen) atoms. The predicted molar refractivity (Wildman–Crippen MR) is 89.3 cm³/mol. The number of benzene rings is 1. The molecule has 1 aliphatic carbocycles. The summed E-state index contributed by atoms with van der Waals surface area (Å²) < 4.78 is 32.6. The predicted octanol–water partition coefficient (Wildman–Crippen LogP) is 2.46. The monoisotopic (exact) mass is 370 g/mol. The molecule has 1 aromatic heterocycles. The van der Waals surface area contributed by atoms with Gasteiger partial charge in [0.25, 0.3) is 0 Å². The molecular weight excluding hydrogens is 352 g/mol. The number of sulfonamides is 1. The summed E-state index contributed by atoms with van der Waals surface area (Å²) in [6.07, 6.45) is 4.74. The maximum Gasteiger partial charge on any atom is 0.246 e. The molecule has 7 nitrogen and oxygen atoms in total. The van der Waals surface area contributed by atoms with Crippen molar-refractivity contribution in [1.82, 2.24) is 19.5 Å². The molecule has 1 N–H and O–H groups in total. The van der Waals surface area contributed by atoms with Crippen LogP contribution in [0, 0.1) is 5.92 Å². The van der Waals surface area contributed by atoms with E-state index in [0.29, 0.717) is 29.1 Å². The average molecular weight is 371 g/mol. The number of hydrogen-bond donors (Lipinski definition) is 1. The molecule has 3 rings (SSSR count). The molecule has 0 saturated heterocycles. The Labute approximate surface area is 146 Å². The van der Waals surface area contributed by atoms with E-state index in [4.69, 9.17) is 16.3 Å². The maximum absolute atomic E-state index is 12.9. The number of aromatic nitrogens is 3. The summed E-state index contributed by atoms with van der Waals surface area (Å²) in [6.45, 7) is 0.580. The van der Waals surface area contributed by atoms with Crippen molar-refractivity contribution in [2.45, 2.75) is 30.7 Å². The van der Waals surface area contributed by atoms with E-state index >= 15 is 0 Å². The Morgan fingerprint density at radius 3 is 2.88 bits per heavy atom. The van der Waals surface area contributed by atoms with Gasteiger partial charge in [-0.05, 0) is 30.5 Å². The smallest absolute Gasteiger partial charge is 0.246 e. The summed E-state index contributed by atoms with van der Waals surface area (Å²) in [5, 5.41) is 6.71. The zero-order valence-electron chi connectivity index (χ0n) is 13.3. The lowest BCUT2D eigenvalue weighted by atomic mass is 10.3. The van der Waals surface area contributed by atoms with Gasteiger partial charge >= 0.3 is 0 Å². The van der Waals surface area contributed by atoms with Crippen molar-refractivity contribution in [3.63, 3.8) is 0 Å². The molecule has 0 aliphatic heterocycles. The Morgan fingerprint density at radius 2 is 2.21 bits per heavy atom. The van der Waals surface area contributed by atoms with Gasteiger partial charge in [0.2, 0.25) is 10.0 Å². The molecule has 1 fully saturated rings. The molecule has 0 spiro atoms. The largest absolute Gasteiger partial charge is 0.492 e. The van der Waals surface area contributed by atoms with Gasteiger partial charge < -0.3 is 4.74 Å². The van der Waals surface area contributed by atoms with Crippen molar-refractivity contribution < 1.29 is 13.2 Å². The average Bonchev–Trinajstić information content (AvgIpc) is 3.23. The molecule has 1 heterocycles. The minimum Gasteiger partial charge on any atom is -0.492 e. The van der Waals surface area contributed by atoms with Crippen LogP contribution in [0.5, 0.6) is 5.75 Å².